The monoisotopic (exact) mass is 416 g/mol. The largest absolute Gasteiger partial charge is 0.393 e. The van der Waals surface area contributed by atoms with Crippen LogP contribution in [0.3, 0.4) is 0 Å². The maximum Gasteiger partial charge on any atom is 0.0543 e. The Kier molecular flexibility index (Phi) is 6.47. The molecule has 30 heavy (non-hydrogen) atoms. The molecule has 0 spiro atoms. The first-order valence-electron chi connectivity index (χ1n) is 13.8. The molecular formula is C29H52O. The van der Waals surface area contributed by atoms with Crippen LogP contribution in [0.1, 0.15) is 113 Å². The molecule has 4 rings (SSSR count). The molecule has 0 heterocycles. The highest BCUT2D eigenvalue weighted by atomic mass is 16.3. The van der Waals surface area contributed by atoms with E-state index < -0.39 is 0 Å². The summed E-state index contributed by atoms with van der Waals surface area (Å²) in [5.41, 5.74) is 1.12. The Morgan fingerprint density at radius 1 is 0.800 bits per heavy atom. The molecule has 0 radical (unpaired) electrons. The third-order valence-corrected chi connectivity index (χ3v) is 12.1. The van der Waals surface area contributed by atoms with Gasteiger partial charge in [0.2, 0.25) is 0 Å². The molecule has 174 valence electrons. The molecule has 0 aliphatic heterocycles. The van der Waals surface area contributed by atoms with E-state index in [1.54, 1.807) is 0 Å². The molecular weight excluding hydrogens is 364 g/mol. The van der Waals surface area contributed by atoms with Crippen molar-refractivity contribution in [2.24, 2.45) is 64.1 Å². The van der Waals surface area contributed by atoms with Gasteiger partial charge in [-0.2, -0.15) is 0 Å². The molecule has 1 N–H and O–H groups in total. The lowest BCUT2D eigenvalue weighted by molar-refractivity contribution is -0.129. The molecule has 1 nitrogen and oxygen atoms in total. The van der Waals surface area contributed by atoms with E-state index in [-0.39, 0.29) is 6.10 Å². The second kappa shape index (κ2) is 8.39. The fourth-order valence-corrected chi connectivity index (χ4v) is 9.83. The van der Waals surface area contributed by atoms with Crippen molar-refractivity contribution in [1.82, 2.24) is 0 Å². The standard InChI is InChI=1S/C29H52O/c1-18(2)21(5)19(3)16-20(4)25-10-11-26-24-9-8-22-17-23(30)12-14-28(22,6)27(24)13-15-29(25,26)7/h18-27,30H,8-17H2,1-7H3/t19-,20+,21+,22-,23-,24-,25+,26-,27-,28-,29+/m0/s1. The first-order valence-corrected chi connectivity index (χ1v) is 13.8. The fourth-order valence-electron chi connectivity index (χ4n) is 9.83. The molecule has 4 fully saturated rings. The molecule has 4 aliphatic rings. The van der Waals surface area contributed by atoms with Crippen molar-refractivity contribution in [2.45, 2.75) is 119 Å². The highest BCUT2D eigenvalue weighted by Gasteiger charge is 2.60. The van der Waals surface area contributed by atoms with Gasteiger partial charge in [0.05, 0.1) is 6.10 Å². The SMILES string of the molecule is CC(C)[C@@H](C)[C@@H](C)C[C@@H](C)[C@H]1CC[C@H]2[C@@H]3CC[C@H]4C[C@@H](O)CC[C@]4(C)[C@H]3CC[C@]12C. The zero-order chi connectivity index (χ0) is 21.8. The highest BCUT2D eigenvalue weighted by molar-refractivity contribution is 5.09. The van der Waals surface area contributed by atoms with E-state index in [1.165, 1.54) is 51.4 Å². The highest BCUT2D eigenvalue weighted by Crippen LogP contribution is 2.68. The lowest BCUT2D eigenvalue weighted by Crippen LogP contribution is -2.54. The minimum Gasteiger partial charge on any atom is -0.393 e. The molecule has 0 aromatic heterocycles. The molecule has 0 aromatic rings. The average Bonchev–Trinajstić information content (AvgIpc) is 3.05. The van der Waals surface area contributed by atoms with Crippen LogP contribution < -0.4 is 0 Å². The lowest BCUT2D eigenvalue weighted by Gasteiger charge is -2.61. The van der Waals surface area contributed by atoms with Crippen molar-refractivity contribution in [3.8, 4) is 0 Å². The molecule has 4 aliphatic carbocycles. The van der Waals surface area contributed by atoms with Crippen molar-refractivity contribution in [3.63, 3.8) is 0 Å². The second-order valence-corrected chi connectivity index (χ2v) is 13.6. The lowest BCUT2D eigenvalue weighted by atomic mass is 9.44. The van der Waals surface area contributed by atoms with Gasteiger partial charge in [0.25, 0.3) is 0 Å². The van der Waals surface area contributed by atoms with Crippen molar-refractivity contribution < 1.29 is 5.11 Å². The summed E-state index contributed by atoms with van der Waals surface area (Å²) in [5.74, 6) is 8.01. The molecule has 0 bridgehead atoms. The Morgan fingerprint density at radius 3 is 2.17 bits per heavy atom. The van der Waals surface area contributed by atoms with Gasteiger partial charge in [-0.25, -0.2) is 0 Å². The Hall–Kier alpha value is -0.0400. The van der Waals surface area contributed by atoms with Crippen LogP contribution in [0.25, 0.3) is 0 Å². The quantitative estimate of drug-likeness (QED) is 0.482. The van der Waals surface area contributed by atoms with E-state index in [0.717, 1.165) is 66.1 Å². The van der Waals surface area contributed by atoms with E-state index >= 15 is 0 Å². The zero-order valence-corrected chi connectivity index (χ0v) is 21.3. The summed E-state index contributed by atoms with van der Waals surface area (Å²) < 4.78 is 0. The van der Waals surface area contributed by atoms with Gasteiger partial charge in [0.1, 0.15) is 0 Å². The van der Waals surface area contributed by atoms with Gasteiger partial charge in [-0.05, 0) is 128 Å². The van der Waals surface area contributed by atoms with Crippen molar-refractivity contribution in [1.29, 1.82) is 0 Å². The van der Waals surface area contributed by atoms with Crippen molar-refractivity contribution >= 4 is 0 Å². The Labute approximate surface area is 188 Å². The van der Waals surface area contributed by atoms with Gasteiger partial charge in [-0.1, -0.05) is 48.5 Å². The minimum absolute atomic E-state index is 0.0135. The normalized spacial score (nSPS) is 49.1. The maximum absolute atomic E-state index is 10.3. The van der Waals surface area contributed by atoms with Gasteiger partial charge in [0, 0.05) is 0 Å². The topological polar surface area (TPSA) is 20.2 Å². The molecule has 0 amide bonds. The minimum atomic E-state index is -0.0135. The van der Waals surface area contributed by atoms with Crippen molar-refractivity contribution in [2.75, 3.05) is 0 Å². The molecule has 11 atom stereocenters. The first kappa shape index (κ1) is 23.1. The second-order valence-electron chi connectivity index (χ2n) is 13.6. The van der Waals surface area contributed by atoms with Crippen molar-refractivity contribution in [3.05, 3.63) is 0 Å². The summed E-state index contributed by atoms with van der Waals surface area (Å²) in [4.78, 5) is 0. The summed E-state index contributed by atoms with van der Waals surface area (Å²) in [7, 11) is 0. The predicted octanol–water partition coefficient (Wildman–Crippen LogP) is 7.96. The predicted molar refractivity (Wildman–Crippen MR) is 128 cm³/mol. The van der Waals surface area contributed by atoms with Crippen LogP contribution in [0.2, 0.25) is 0 Å². The third kappa shape index (κ3) is 3.72. The Morgan fingerprint density at radius 2 is 1.47 bits per heavy atom. The van der Waals surface area contributed by atoms with Crippen LogP contribution in [-0.2, 0) is 0 Å². The van der Waals surface area contributed by atoms with Crippen LogP contribution in [0.15, 0.2) is 0 Å². The van der Waals surface area contributed by atoms with Gasteiger partial charge >= 0.3 is 0 Å². The summed E-state index contributed by atoms with van der Waals surface area (Å²) in [6, 6.07) is 0. The fraction of sp³-hybridized carbons (Fsp3) is 1.00. The zero-order valence-electron chi connectivity index (χ0n) is 21.3. The Balaban J connectivity index is 1.47. The van der Waals surface area contributed by atoms with Gasteiger partial charge < -0.3 is 5.11 Å². The molecule has 1 heteroatoms. The third-order valence-electron chi connectivity index (χ3n) is 12.1. The van der Waals surface area contributed by atoms with Crippen LogP contribution in [0.4, 0.5) is 0 Å². The maximum atomic E-state index is 10.3. The number of rotatable bonds is 5. The van der Waals surface area contributed by atoms with E-state index in [0.29, 0.717) is 10.8 Å². The van der Waals surface area contributed by atoms with Crippen LogP contribution in [0.5, 0.6) is 0 Å². The molecule has 4 saturated carbocycles. The van der Waals surface area contributed by atoms with Crippen LogP contribution in [-0.4, -0.2) is 11.2 Å². The number of aliphatic hydroxyl groups excluding tert-OH is 1. The van der Waals surface area contributed by atoms with E-state index in [9.17, 15) is 5.11 Å². The number of hydrogen-bond acceptors (Lipinski definition) is 1. The summed E-state index contributed by atoms with van der Waals surface area (Å²) in [6.45, 7) is 17.8. The molecule has 0 unspecified atom stereocenters. The van der Waals surface area contributed by atoms with E-state index in [2.05, 4.69) is 48.5 Å². The Bertz CT molecular complexity index is 597. The summed E-state index contributed by atoms with van der Waals surface area (Å²) in [5, 5.41) is 10.3. The van der Waals surface area contributed by atoms with E-state index in [1.807, 2.05) is 0 Å². The van der Waals surface area contributed by atoms with Crippen LogP contribution in [0, 0.1) is 64.1 Å². The van der Waals surface area contributed by atoms with Gasteiger partial charge in [-0.15, -0.1) is 0 Å². The first-order chi connectivity index (χ1) is 14.1. The number of aliphatic hydroxyl groups is 1. The van der Waals surface area contributed by atoms with Gasteiger partial charge in [-0.3, -0.25) is 0 Å². The molecule has 0 aromatic carbocycles. The summed E-state index contributed by atoms with van der Waals surface area (Å²) in [6.07, 6.45) is 13.7. The number of hydrogen-bond donors (Lipinski definition) is 1. The van der Waals surface area contributed by atoms with Crippen LogP contribution >= 0.6 is 0 Å². The molecule has 0 saturated heterocycles. The smallest absolute Gasteiger partial charge is 0.0543 e. The average molecular weight is 417 g/mol. The number of fused-ring (bicyclic) bond motifs is 5. The van der Waals surface area contributed by atoms with E-state index in [4.69, 9.17) is 0 Å². The summed E-state index contributed by atoms with van der Waals surface area (Å²) >= 11 is 0. The van der Waals surface area contributed by atoms with Gasteiger partial charge in [0.15, 0.2) is 0 Å².